The van der Waals surface area contributed by atoms with E-state index in [2.05, 4.69) is 90.6 Å². The lowest BCUT2D eigenvalue weighted by atomic mass is 9.83. The van der Waals surface area contributed by atoms with Crippen molar-refractivity contribution in [3.63, 3.8) is 0 Å². The molecule has 0 aromatic carbocycles. The van der Waals surface area contributed by atoms with Gasteiger partial charge in [-0.15, -0.1) is 15.3 Å². The van der Waals surface area contributed by atoms with Gasteiger partial charge in [0.15, 0.2) is 0 Å². The number of hydrogen-bond donors (Lipinski definition) is 6. The maximum atomic E-state index is 11.4. The molecule has 0 saturated heterocycles. The van der Waals surface area contributed by atoms with E-state index in [0.717, 1.165) is 96.9 Å². The standard InChI is InChI=1S/C25H31N7O3.C24H29N7O4.C24H31N7O3/c1-15-22(35-18-8-4-7-17(13-18)24(33)34)10-9-20(28-15)23-21(32(2)31-30-23)14-27-25-26-12-11-19(29-25)16-5-3-6-16;1-14-20(34-17-5-3-4-15(12-17)23(32)33)9-8-18(27-14)22-19(31(2)30-29-22)13-26-24-25-11-10-21(28-24)35-16-6-7-16;1-14(2)18-10-11-25-24(28-18)26-13-20-22(29-30-31(20)4)19-8-9-21(15(3)27-19)34-17-7-5-6-16(12-17)23(32)33/h9-12,16-18H,3-8,13-14H2,1-2H3,(H,33,34)(H,26,27,29);8-11,15-17H,3-7,12-13H2,1-2H3,(H,32,33)(H,25,26,28);8-11,14,16-17H,5-7,12-13H2,1-4H3,(H,32,33)(H,25,26,28)/t17-,18-;15-,17-;16-,17-/m000/s1. The number of rotatable bonds is 25. The van der Waals surface area contributed by atoms with Gasteiger partial charge in [-0.2, -0.15) is 4.98 Å². The van der Waals surface area contributed by atoms with Crippen LogP contribution in [-0.2, 0) is 55.2 Å². The van der Waals surface area contributed by atoms with Crippen molar-refractivity contribution >= 4 is 35.8 Å². The van der Waals surface area contributed by atoms with Gasteiger partial charge in [0.25, 0.3) is 0 Å². The molecule has 9 aromatic rings. The number of anilines is 3. The summed E-state index contributed by atoms with van der Waals surface area (Å²) in [4.78, 5) is 74.8. The number of hydrogen-bond acceptors (Lipinski definition) is 25. The summed E-state index contributed by atoms with van der Waals surface area (Å²) in [5, 5.41) is 63.3. The number of ether oxygens (including phenoxy) is 4. The van der Waals surface area contributed by atoms with Gasteiger partial charge in [0.1, 0.15) is 40.4 Å². The van der Waals surface area contributed by atoms with Crippen LogP contribution in [0.25, 0.3) is 34.2 Å². The van der Waals surface area contributed by atoms with Crippen LogP contribution >= 0.6 is 0 Å². The first-order valence-electron chi connectivity index (χ1n) is 35.9. The number of aromatic nitrogens is 18. The van der Waals surface area contributed by atoms with Crippen LogP contribution in [0.2, 0.25) is 0 Å². The van der Waals surface area contributed by atoms with Crippen LogP contribution in [0.5, 0.6) is 23.1 Å². The van der Waals surface area contributed by atoms with Gasteiger partial charge in [0.05, 0.1) is 107 Å². The van der Waals surface area contributed by atoms with Crippen LogP contribution in [0.4, 0.5) is 17.8 Å². The van der Waals surface area contributed by atoms with Gasteiger partial charge in [0, 0.05) is 63.1 Å². The summed E-state index contributed by atoms with van der Waals surface area (Å²) in [6, 6.07) is 16.9. The van der Waals surface area contributed by atoms with Gasteiger partial charge in [-0.25, -0.2) is 53.9 Å². The van der Waals surface area contributed by atoms with E-state index in [0.29, 0.717) is 145 Å². The van der Waals surface area contributed by atoms with Gasteiger partial charge in [-0.3, -0.25) is 14.4 Å². The Bertz CT molecular complexity index is 4460. The van der Waals surface area contributed by atoms with Crippen LogP contribution < -0.4 is 34.9 Å². The fraction of sp³-hybridized carbons (Fsp3) is 0.507. The average Bonchev–Trinajstić information content (AvgIpc) is 1.60. The zero-order valence-corrected chi connectivity index (χ0v) is 60.0. The second-order valence-corrected chi connectivity index (χ2v) is 27.7. The third-order valence-corrected chi connectivity index (χ3v) is 19.6. The Morgan fingerprint density at radius 3 is 1.18 bits per heavy atom. The molecule has 104 heavy (non-hydrogen) atoms. The Balaban J connectivity index is 0.000000147. The summed E-state index contributed by atoms with van der Waals surface area (Å²) in [5.74, 6) is 1.78. The van der Waals surface area contributed by atoms with E-state index in [9.17, 15) is 29.7 Å². The number of carbonyl (C=O) groups is 3. The molecule has 5 aliphatic rings. The van der Waals surface area contributed by atoms with E-state index in [4.69, 9.17) is 33.9 Å². The predicted molar refractivity (Wildman–Crippen MR) is 381 cm³/mol. The molecule has 0 aliphatic heterocycles. The van der Waals surface area contributed by atoms with Crippen LogP contribution in [0.15, 0.2) is 73.2 Å². The van der Waals surface area contributed by atoms with Crippen molar-refractivity contribution in [1.29, 1.82) is 0 Å². The van der Waals surface area contributed by atoms with E-state index >= 15 is 0 Å². The molecule has 6 atom stereocenters. The minimum atomic E-state index is -0.750. The van der Waals surface area contributed by atoms with Crippen molar-refractivity contribution in [1.82, 2.24) is 89.8 Å². The van der Waals surface area contributed by atoms with Crippen molar-refractivity contribution in [2.45, 2.75) is 200 Å². The van der Waals surface area contributed by atoms with E-state index < -0.39 is 17.9 Å². The topological polar surface area (TPSA) is 393 Å². The summed E-state index contributed by atoms with van der Waals surface area (Å²) in [5.41, 5.74) is 10.9. The van der Waals surface area contributed by atoms with Gasteiger partial charge >= 0.3 is 17.9 Å². The van der Waals surface area contributed by atoms with E-state index in [1.165, 1.54) is 19.3 Å². The first-order chi connectivity index (χ1) is 50.2. The highest BCUT2D eigenvalue weighted by atomic mass is 16.5. The molecule has 0 spiro atoms. The highest BCUT2D eigenvalue weighted by Crippen LogP contribution is 2.37. The Morgan fingerprint density at radius 1 is 0.442 bits per heavy atom. The third-order valence-electron chi connectivity index (χ3n) is 19.6. The second-order valence-electron chi connectivity index (χ2n) is 27.7. The molecule has 9 heterocycles. The smallest absolute Gasteiger partial charge is 0.306 e. The molecule has 5 saturated carbocycles. The SMILES string of the molecule is Cc1nc(-c2nnn(C)c2CNc2nccc(C(C)C)n2)ccc1O[C@H]1CCC[C@H](C(=O)O)C1.Cc1nc(-c2nnn(C)c2CNc2nccc(C3CCC3)n2)ccc1O[C@H]1CCC[C@H](C(=O)O)C1.Cc1nc(-c2nnn(C)c2CNc2nccc(OC3CC3)n2)ccc1O[C@H]1CCC[C@H](C(=O)O)C1. The predicted octanol–water partition coefficient (Wildman–Crippen LogP) is 10.8. The second kappa shape index (κ2) is 33.5. The monoisotopic (exact) mass is 1420 g/mol. The fourth-order valence-electron chi connectivity index (χ4n) is 13.2. The molecule has 0 unspecified atom stereocenters. The summed E-state index contributed by atoms with van der Waals surface area (Å²) in [6.45, 7) is 11.2. The lowest BCUT2D eigenvalue weighted by Gasteiger charge is -2.27. The zero-order valence-electron chi connectivity index (χ0n) is 60.0. The fourth-order valence-corrected chi connectivity index (χ4v) is 13.2. The van der Waals surface area contributed by atoms with Crippen LogP contribution in [0.3, 0.4) is 0 Å². The van der Waals surface area contributed by atoms with Gasteiger partial charge < -0.3 is 50.2 Å². The largest absolute Gasteiger partial charge is 0.489 e. The molecule has 0 radical (unpaired) electrons. The molecule has 31 heteroatoms. The molecule has 5 fully saturated rings. The molecule has 14 rings (SSSR count). The quantitative estimate of drug-likeness (QED) is 0.0309. The number of nitrogens with zero attached hydrogens (tertiary/aromatic N) is 18. The minimum absolute atomic E-state index is 0.108. The molecule has 548 valence electrons. The molecule has 31 nitrogen and oxygen atoms in total. The summed E-state index contributed by atoms with van der Waals surface area (Å²) in [6.07, 6.45) is 19.8. The molecule has 9 aromatic heterocycles. The van der Waals surface area contributed by atoms with Crippen LogP contribution in [-0.4, -0.2) is 147 Å². The van der Waals surface area contributed by atoms with E-state index in [1.54, 1.807) is 38.7 Å². The summed E-state index contributed by atoms with van der Waals surface area (Å²) in [7, 11) is 5.52. The third kappa shape index (κ3) is 18.7. The van der Waals surface area contributed by atoms with Crippen molar-refractivity contribution in [3.05, 3.63) is 119 Å². The molecular weight excluding hydrogens is 1330 g/mol. The van der Waals surface area contributed by atoms with Crippen molar-refractivity contribution in [2.75, 3.05) is 16.0 Å². The Morgan fingerprint density at radius 2 is 0.817 bits per heavy atom. The number of pyridine rings is 3. The van der Waals surface area contributed by atoms with Crippen molar-refractivity contribution in [3.8, 4) is 57.3 Å². The summed E-state index contributed by atoms with van der Waals surface area (Å²) < 4.78 is 29.3. The lowest BCUT2D eigenvalue weighted by Crippen LogP contribution is -2.29. The van der Waals surface area contributed by atoms with Gasteiger partial charge in [-0.05, 0) is 178 Å². The number of nitrogens with one attached hydrogen (secondary N) is 3. The van der Waals surface area contributed by atoms with Crippen LogP contribution in [0.1, 0.15) is 180 Å². The summed E-state index contributed by atoms with van der Waals surface area (Å²) >= 11 is 0. The molecule has 5 aliphatic carbocycles. The maximum Gasteiger partial charge on any atom is 0.306 e. The first kappa shape index (κ1) is 72.9. The molecule has 0 bridgehead atoms. The van der Waals surface area contributed by atoms with Crippen molar-refractivity contribution in [2.24, 2.45) is 38.9 Å². The highest BCUT2D eigenvalue weighted by molar-refractivity contribution is 5.71. The number of carboxylic acid groups (broad SMARTS) is 3. The molecule has 6 N–H and O–H groups in total. The van der Waals surface area contributed by atoms with Crippen LogP contribution in [0, 0.1) is 38.5 Å². The Labute approximate surface area is 602 Å². The minimum Gasteiger partial charge on any atom is -0.489 e. The molecular formula is C73H91N21O10. The van der Waals surface area contributed by atoms with Gasteiger partial charge in [0.2, 0.25) is 23.7 Å². The number of carboxylic acids is 3. The van der Waals surface area contributed by atoms with Crippen molar-refractivity contribution < 1.29 is 48.7 Å². The van der Waals surface area contributed by atoms with E-state index in [-0.39, 0.29) is 42.2 Å². The zero-order chi connectivity index (χ0) is 73.0. The normalized spacial score (nSPS) is 19.4. The lowest BCUT2D eigenvalue weighted by molar-refractivity contribution is -0.144. The Kier molecular flexibility index (Phi) is 23.5. The van der Waals surface area contributed by atoms with E-state index in [1.807, 2.05) is 90.4 Å². The number of aliphatic carboxylic acids is 3. The Hall–Kier alpha value is -10.9. The number of aryl methyl sites for hydroxylation is 6. The maximum absolute atomic E-state index is 11.4. The van der Waals surface area contributed by atoms with Gasteiger partial charge in [-0.1, -0.05) is 35.9 Å². The highest BCUT2D eigenvalue weighted by Gasteiger charge is 2.33. The average molecular weight is 1420 g/mol. The molecule has 0 amide bonds. The first-order valence-corrected chi connectivity index (χ1v) is 35.9.